The second-order valence-electron chi connectivity index (χ2n) is 6.02. The summed E-state index contributed by atoms with van der Waals surface area (Å²) in [6, 6.07) is 13.6. The Balaban J connectivity index is 1.86. The molecule has 2 aromatic heterocycles. The molecule has 27 heavy (non-hydrogen) atoms. The van der Waals surface area contributed by atoms with Crippen LogP contribution >= 0.6 is 34.5 Å². The van der Waals surface area contributed by atoms with Crippen molar-refractivity contribution < 1.29 is 0 Å². The Morgan fingerprint density at radius 2 is 1.96 bits per heavy atom. The van der Waals surface area contributed by atoms with Crippen LogP contribution in [0.5, 0.6) is 0 Å². The van der Waals surface area contributed by atoms with Gasteiger partial charge in [0.2, 0.25) is 4.80 Å². The van der Waals surface area contributed by atoms with Crippen LogP contribution in [0.1, 0.15) is 11.3 Å². The van der Waals surface area contributed by atoms with Gasteiger partial charge in [0, 0.05) is 45.2 Å². The Bertz CT molecular complexity index is 1230. The quantitative estimate of drug-likeness (QED) is 0.416. The van der Waals surface area contributed by atoms with Crippen molar-refractivity contribution in [3.8, 4) is 11.3 Å². The number of H-pyrrole nitrogens is 1. The fourth-order valence-corrected chi connectivity index (χ4v) is 4.33. The van der Waals surface area contributed by atoms with E-state index in [0.717, 1.165) is 38.2 Å². The molecule has 0 aliphatic rings. The summed E-state index contributed by atoms with van der Waals surface area (Å²) in [6.07, 6.45) is 1.86. The van der Waals surface area contributed by atoms with Gasteiger partial charge in [-0.2, -0.15) is 5.10 Å². The van der Waals surface area contributed by atoms with Crippen molar-refractivity contribution in [2.75, 3.05) is 7.05 Å². The third-order valence-corrected chi connectivity index (χ3v) is 5.78. The van der Waals surface area contributed by atoms with E-state index in [1.165, 1.54) is 11.3 Å². The Morgan fingerprint density at radius 3 is 2.74 bits per heavy atom. The Hall–Kier alpha value is -2.34. The van der Waals surface area contributed by atoms with Crippen molar-refractivity contribution in [1.82, 2.24) is 9.66 Å². The Kier molecular flexibility index (Phi) is 4.91. The standard InChI is InChI=1S/C20H16Cl2N4S/c1-12-16(14-5-3-4-6-18(14)25-12)10-24-26-19(11-27-20(26)23-2)15-8-7-13(21)9-17(15)22/h3-11,25H,1-2H3. The SMILES string of the molecule is CN=c1scc(-c2ccc(Cl)cc2Cl)n1N=Cc1c(C)[nH]c2ccccc12. The van der Waals surface area contributed by atoms with Gasteiger partial charge in [-0.15, -0.1) is 11.3 Å². The summed E-state index contributed by atoms with van der Waals surface area (Å²) >= 11 is 14.0. The number of aromatic nitrogens is 2. The van der Waals surface area contributed by atoms with Gasteiger partial charge >= 0.3 is 0 Å². The first-order valence-electron chi connectivity index (χ1n) is 8.29. The number of nitrogens with zero attached hydrogens (tertiary/aromatic N) is 3. The summed E-state index contributed by atoms with van der Waals surface area (Å²) in [5.74, 6) is 0. The molecule has 4 rings (SSSR count). The molecule has 0 aliphatic heterocycles. The largest absolute Gasteiger partial charge is 0.358 e. The molecule has 0 atom stereocenters. The van der Waals surface area contributed by atoms with E-state index in [2.05, 4.69) is 22.1 Å². The molecular formula is C20H16Cl2N4S. The Morgan fingerprint density at radius 1 is 1.15 bits per heavy atom. The molecule has 2 heterocycles. The number of benzene rings is 2. The first-order chi connectivity index (χ1) is 13.1. The number of halogens is 2. The fraction of sp³-hybridized carbons (Fsp3) is 0.100. The van der Waals surface area contributed by atoms with Crippen molar-refractivity contribution in [3.63, 3.8) is 0 Å². The van der Waals surface area contributed by atoms with Gasteiger partial charge in [0.25, 0.3) is 0 Å². The van der Waals surface area contributed by atoms with Crippen LogP contribution in [-0.4, -0.2) is 22.9 Å². The molecule has 0 aliphatic carbocycles. The highest BCUT2D eigenvalue weighted by molar-refractivity contribution is 7.07. The van der Waals surface area contributed by atoms with E-state index in [1.54, 1.807) is 17.8 Å². The molecule has 0 saturated carbocycles. The van der Waals surface area contributed by atoms with Crippen LogP contribution in [0, 0.1) is 6.92 Å². The highest BCUT2D eigenvalue weighted by Crippen LogP contribution is 2.30. The minimum absolute atomic E-state index is 0.579. The average Bonchev–Trinajstić information content (AvgIpc) is 3.19. The van der Waals surface area contributed by atoms with Crippen molar-refractivity contribution in [2.45, 2.75) is 6.92 Å². The molecule has 7 heteroatoms. The number of fused-ring (bicyclic) bond motifs is 1. The van der Waals surface area contributed by atoms with Gasteiger partial charge in [0.1, 0.15) is 0 Å². The molecule has 0 unspecified atom stereocenters. The first kappa shape index (κ1) is 18.0. The molecule has 136 valence electrons. The maximum atomic E-state index is 6.41. The summed E-state index contributed by atoms with van der Waals surface area (Å²) in [5.41, 5.74) is 4.94. The summed E-state index contributed by atoms with van der Waals surface area (Å²) in [7, 11) is 1.75. The van der Waals surface area contributed by atoms with Crippen LogP contribution < -0.4 is 4.80 Å². The average molecular weight is 415 g/mol. The smallest absolute Gasteiger partial charge is 0.205 e. The molecular weight excluding hydrogens is 399 g/mol. The minimum atomic E-state index is 0.579. The lowest BCUT2D eigenvalue weighted by Gasteiger charge is -2.06. The highest BCUT2D eigenvalue weighted by Gasteiger charge is 2.12. The maximum absolute atomic E-state index is 6.41. The van der Waals surface area contributed by atoms with E-state index in [4.69, 9.17) is 28.3 Å². The molecule has 0 saturated heterocycles. The fourth-order valence-electron chi connectivity index (χ4n) is 3.03. The summed E-state index contributed by atoms with van der Waals surface area (Å²) in [6.45, 7) is 2.04. The highest BCUT2D eigenvalue weighted by atomic mass is 35.5. The van der Waals surface area contributed by atoms with Crippen LogP contribution in [-0.2, 0) is 0 Å². The number of hydrogen-bond acceptors (Lipinski definition) is 3. The zero-order valence-electron chi connectivity index (χ0n) is 14.7. The van der Waals surface area contributed by atoms with Gasteiger partial charge in [0.15, 0.2) is 0 Å². The van der Waals surface area contributed by atoms with E-state index in [-0.39, 0.29) is 0 Å². The topological polar surface area (TPSA) is 45.4 Å². The molecule has 2 aromatic carbocycles. The summed E-state index contributed by atoms with van der Waals surface area (Å²) < 4.78 is 1.81. The lowest BCUT2D eigenvalue weighted by Crippen LogP contribution is -2.11. The van der Waals surface area contributed by atoms with Gasteiger partial charge in [-0.05, 0) is 31.2 Å². The summed E-state index contributed by atoms with van der Waals surface area (Å²) in [4.78, 5) is 8.51. The normalized spacial score (nSPS) is 12.5. The van der Waals surface area contributed by atoms with Gasteiger partial charge in [-0.25, -0.2) is 4.68 Å². The number of thiazole rings is 1. The monoisotopic (exact) mass is 414 g/mol. The molecule has 0 bridgehead atoms. The number of nitrogens with one attached hydrogen (secondary N) is 1. The van der Waals surface area contributed by atoms with Gasteiger partial charge < -0.3 is 4.98 Å². The van der Waals surface area contributed by atoms with Crippen LogP contribution in [0.15, 0.2) is 57.9 Å². The third kappa shape index (κ3) is 3.34. The van der Waals surface area contributed by atoms with Crippen molar-refractivity contribution >= 4 is 51.7 Å². The lowest BCUT2D eigenvalue weighted by atomic mass is 10.1. The van der Waals surface area contributed by atoms with Gasteiger partial charge in [-0.3, -0.25) is 4.99 Å². The van der Waals surface area contributed by atoms with Crippen LogP contribution in [0.2, 0.25) is 10.0 Å². The molecule has 1 N–H and O–H groups in total. The molecule has 0 radical (unpaired) electrons. The molecule has 4 aromatic rings. The second-order valence-corrected chi connectivity index (χ2v) is 7.70. The van der Waals surface area contributed by atoms with E-state index in [1.807, 2.05) is 42.8 Å². The number of aromatic amines is 1. The zero-order valence-corrected chi connectivity index (χ0v) is 17.0. The van der Waals surface area contributed by atoms with E-state index >= 15 is 0 Å². The lowest BCUT2D eigenvalue weighted by molar-refractivity contribution is 0.848. The van der Waals surface area contributed by atoms with Crippen molar-refractivity contribution in [3.05, 3.63) is 73.9 Å². The number of para-hydroxylation sites is 1. The van der Waals surface area contributed by atoms with Crippen molar-refractivity contribution in [1.29, 1.82) is 0 Å². The van der Waals surface area contributed by atoms with Crippen LogP contribution in [0.3, 0.4) is 0 Å². The maximum Gasteiger partial charge on any atom is 0.205 e. The first-order valence-corrected chi connectivity index (χ1v) is 9.92. The third-order valence-electron chi connectivity index (χ3n) is 4.33. The molecule has 4 nitrogen and oxygen atoms in total. The van der Waals surface area contributed by atoms with Crippen LogP contribution in [0.25, 0.3) is 22.2 Å². The van der Waals surface area contributed by atoms with E-state index in [0.29, 0.717) is 10.0 Å². The number of rotatable bonds is 3. The Labute approximate surface area is 170 Å². The number of hydrogen-bond donors (Lipinski definition) is 1. The van der Waals surface area contributed by atoms with Gasteiger partial charge in [-0.1, -0.05) is 41.4 Å². The molecule has 0 amide bonds. The predicted molar refractivity (Wildman–Crippen MR) is 115 cm³/mol. The van der Waals surface area contributed by atoms with E-state index in [9.17, 15) is 0 Å². The molecule has 0 spiro atoms. The second kappa shape index (κ2) is 7.35. The summed E-state index contributed by atoms with van der Waals surface area (Å²) in [5, 5.41) is 9.04. The van der Waals surface area contributed by atoms with Crippen molar-refractivity contribution in [2.24, 2.45) is 10.1 Å². The zero-order chi connectivity index (χ0) is 19.0. The van der Waals surface area contributed by atoms with E-state index < -0.39 is 0 Å². The van der Waals surface area contributed by atoms with Gasteiger partial charge in [0.05, 0.1) is 16.9 Å². The minimum Gasteiger partial charge on any atom is -0.358 e. The predicted octanol–water partition coefficient (Wildman–Crippen LogP) is 5.73. The number of aryl methyl sites for hydroxylation is 1. The molecule has 0 fully saturated rings. The van der Waals surface area contributed by atoms with Crippen LogP contribution in [0.4, 0.5) is 0 Å².